The van der Waals surface area contributed by atoms with E-state index < -0.39 is 0 Å². The van der Waals surface area contributed by atoms with Crippen LogP contribution in [0, 0.1) is 0 Å². The number of nitrogens with zero attached hydrogens (tertiary/aromatic N) is 1. The molecule has 146 valence electrons. The molecule has 0 aliphatic carbocycles. The van der Waals surface area contributed by atoms with Gasteiger partial charge in [-0.2, -0.15) is 0 Å². The monoisotopic (exact) mass is 369 g/mol. The summed E-state index contributed by atoms with van der Waals surface area (Å²) in [5.74, 6) is 0.942. The Kier molecular flexibility index (Phi) is 6.75. The Labute approximate surface area is 162 Å². The van der Waals surface area contributed by atoms with E-state index in [2.05, 4.69) is 36.1 Å². The van der Waals surface area contributed by atoms with Crippen molar-refractivity contribution in [3.8, 4) is 11.5 Å². The molecule has 0 saturated carbocycles. The fourth-order valence-corrected chi connectivity index (χ4v) is 3.84. The van der Waals surface area contributed by atoms with Crippen molar-refractivity contribution in [1.29, 1.82) is 0 Å². The number of ether oxygens (including phenoxy) is 1. The lowest BCUT2D eigenvalue weighted by Crippen LogP contribution is -2.36. The van der Waals surface area contributed by atoms with E-state index in [1.807, 2.05) is 25.2 Å². The second-order valence-corrected chi connectivity index (χ2v) is 7.70. The van der Waals surface area contributed by atoms with Crippen molar-refractivity contribution in [3.05, 3.63) is 59.7 Å². The Balaban J connectivity index is 1.54. The normalized spacial score (nSPS) is 21.7. The number of hydrogen-bond donors (Lipinski definition) is 2. The first-order chi connectivity index (χ1) is 13.0. The van der Waals surface area contributed by atoms with E-state index >= 15 is 0 Å². The molecule has 3 atom stereocenters. The van der Waals surface area contributed by atoms with Crippen molar-refractivity contribution in [2.45, 2.75) is 57.3 Å². The number of phenols is 1. The van der Waals surface area contributed by atoms with Crippen molar-refractivity contribution in [3.63, 3.8) is 0 Å². The highest BCUT2D eigenvalue weighted by Crippen LogP contribution is 2.36. The number of piperidine rings is 1. The minimum Gasteiger partial charge on any atom is -0.507 e. The number of benzene rings is 2. The zero-order valence-electron chi connectivity index (χ0n) is 16.3. The number of rotatable bonds is 7. The molecule has 0 bridgehead atoms. The van der Waals surface area contributed by atoms with E-state index in [1.165, 1.54) is 5.56 Å². The number of aliphatic hydroxyl groups is 1. The van der Waals surface area contributed by atoms with Gasteiger partial charge in [-0.25, -0.2) is 0 Å². The van der Waals surface area contributed by atoms with E-state index in [0.29, 0.717) is 12.2 Å². The number of aryl methyl sites for hydroxylation is 1. The number of aromatic hydroxyl groups is 1. The average molecular weight is 370 g/mol. The van der Waals surface area contributed by atoms with Crippen LogP contribution in [-0.4, -0.2) is 40.9 Å². The third kappa shape index (κ3) is 5.47. The largest absolute Gasteiger partial charge is 0.507 e. The maximum Gasteiger partial charge on any atom is 0.124 e. The third-order valence-corrected chi connectivity index (χ3v) is 5.46. The highest BCUT2D eigenvalue weighted by atomic mass is 16.5. The van der Waals surface area contributed by atoms with Crippen LogP contribution in [0.4, 0.5) is 0 Å². The van der Waals surface area contributed by atoms with Crippen LogP contribution in [0.15, 0.2) is 48.5 Å². The van der Waals surface area contributed by atoms with Gasteiger partial charge in [-0.1, -0.05) is 36.4 Å². The molecular formula is C23H31NO3. The first kappa shape index (κ1) is 19.7. The SMILES string of the molecule is CC(CCCc1ccccc1)Oc1ccc(C2CC(O)CCN2C)c(O)c1. The molecule has 1 aliphatic heterocycles. The number of phenolic OH excluding ortho intramolecular Hbond substituents is 1. The van der Waals surface area contributed by atoms with Crippen LogP contribution in [0.3, 0.4) is 0 Å². The molecule has 0 spiro atoms. The van der Waals surface area contributed by atoms with Crippen molar-refractivity contribution >= 4 is 0 Å². The highest BCUT2D eigenvalue weighted by Gasteiger charge is 2.28. The second-order valence-electron chi connectivity index (χ2n) is 7.70. The summed E-state index contributed by atoms with van der Waals surface area (Å²) in [5, 5.41) is 20.5. The molecule has 3 unspecified atom stereocenters. The molecule has 1 heterocycles. The summed E-state index contributed by atoms with van der Waals surface area (Å²) >= 11 is 0. The van der Waals surface area contributed by atoms with Crippen LogP contribution in [0.1, 0.15) is 49.8 Å². The summed E-state index contributed by atoms with van der Waals surface area (Å²) in [4.78, 5) is 2.19. The number of aliphatic hydroxyl groups excluding tert-OH is 1. The summed E-state index contributed by atoms with van der Waals surface area (Å²) in [7, 11) is 2.04. The predicted octanol–water partition coefficient (Wildman–Crippen LogP) is 4.31. The molecule has 1 aliphatic rings. The molecule has 4 heteroatoms. The fraction of sp³-hybridized carbons (Fsp3) is 0.478. The van der Waals surface area contributed by atoms with Crippen LogP contribution in [0.5, 0.6) is 11.5 Å². The molecule has 1 fully saturated rings. The van der Waals surface area contributed by atoms with E-state index in [-0.39, 0.29) is 24.0 Å². The van der Waals surface area contributed by atoms with Gasteiger partial charge < -0.3 is 14.9 Å². The molecule has 2 aromatic carbocycles. The summed E-state index contributed by atoms with van der Waals surface area (Å²) in [5.41, 5.74) is 2.21. The van der Waals surface area contributed by atoms with E-state index in [4.69, 9.17) is 4.74 Å². The van der Waals surface area contributed by atoms with Gasteiger partial charge in [0.25, 0.3) is 0 Å². The molecule has 0 aromatic heterocycles. The molecule has 0 radical (unpaired) electrons. The lowest BCUT2D eigenvalue weighted by atomic mass is 9.93. The Morgan fingerprint density at radius 2 is 1.96 bits per heavy atom. The van der Waals surface area contributed by atoms with E-state index in [1.54, 1.807) is 6.07 Å². The summed E-state index contributed by atoms with van der Waals surface area (Å²) in [6.07, 6.45) is 4.32. The van der Waals surface area contributed by atoms with Gasteiger partial charge in [-0.15, -0.1) is 0 Å². The zero-order valence-corrected chi connectivity index (χ0v) is 16.3. The van der Waals surface area contributed by atoms with E-state index in [9.17, 15) is 10.2 Å². The Morgan fingerprint density at radius 3 is 2.70 bits per heavy atom. The lowest BCUT2D eigenvalue weighted by Gasteiger charge is -2.35. The first-order valence-corrected chi connectivity index (χ1v) is 9.94. The van der Waals surface area contributed by atoms with Gasteiger partial charge in [0.05, 0.1) is 12.2 Å². The van der Waals surface area contributed by atoms with Crippen LogP contribution in [-0.2, 0) is 6.42 Å². The molecule has 1 saturated heterocycles. The van der Waals surface area contributed by atoms with Gasteiger partial charge in [0.1, 0.15) is 11.5 Å². The molecular weight excluding hydrogens is 338 g/mol. The standard InChI is InChI=1S/C23H31NO3/c1-17(7-6-10-18-8-4-3-5-9-18)27-20-11-12-21(23(26)16-20)22-15-19(25)13-14-24(22)2/h3-5,8-9,11-12,16-17,19,22,25-26H,6-7,10,13-15H2,1-2H3. The number of hydrogen-bond acceptors (Lipinski definition) is 4. The molecule has 27 heavy (non-hydrogen) atoms. The topological polar surface area (TPSA) is 52.9 Å². The molecule has 3 rings (SSSR count). The van der Waals surface area contributed by atoms with E-state index in [0.717, 1.165) is 37.8 Å². The van der Waals surface area contributed by atoms with Gasteiger partial charge in [-0.3, -0.25) is 4.90 Å². The Morgan fingerprint density at radius 1 is 1.19 bits per heavy atom. The summed E-state index contributed by atoms with van der Waals surface area (Å²) < 4.78 is 6.00. The molecule has 4 nitrogen and oxygen atoms in total. The van der Waals surface area contributed by atoms with Crippen LogP contribution in [0.25, 0.3) is 0 Å². The minimum absolute atomic E-state index is 0.0473. The average Bonchev–Trinajstić information content (AvgIpc) is 2.65. The summed E-state index contributed by atoms with van der Waals surface area (Å²) in [6, 6.07) is 16.1. The Hall–Kier alpha value is -2.04. The minimum atomic E-state index is -0.300. The van der Waals surface area contributed by atoms with Gasteiger partial charge in [0.2, 0.25) is 0 Å². The van der Waals surface area contributed by atoms with Gasteiger partial charge in [-0.05, 0) is 57.7 Å². The smallest absolute Gasteiger partial charge is 0.124 e. The van der Waals surface area contributed by atoms with Crippen molar-refractivity contribution < 1.29 is 14.9 Å². The van der Waals surface area contributed by atoms with Gasteiger partial charge >= 0.3 is 0 Å². The highest BCUT2D eigenvalue weighted by molar-refractivity contribution is 5.41. The molecule has 0 amide bonds. The molecule has 2 aromatic rings. The molecule has 2 N–H and O–H groups in total. The Bertz CT molecular complexity index is 719. The second kappa shape index (κ2) is 9.25. The van der Waals surface area contributed by atoms with Crippen molar-refractivity contribution in [2.24, 2.45) is 0 Å². The first-order valence-electron chi connectivity index (χ1n) is 9.94. The van der Waals surface area contributed by atoms with Crippen LogP contribution >= 0.6 is 0 Å². The number of likely N-dealkylation sites (tertiary alicyclic amines) is 1. The zero-order chi connectivity index (χ0) is 19.2. The lowest BCUT2D eigenvalue weighted by molar-refractivity contribution is 0.0543. The predicted molar refractivity (Wildman–Crippen MR) is 108 cm³/mol. The fourth-order valence-electron chi connectivity index (χ4n) is 3.84. The van der Waals surface area contributed by atoms with Crippen molar-refractivity contribution in [2.75, 3.05) is 13.6 Å². The quantitative estimate of drug-likeness (QED) is 0.764. The maximum atomic E-state index is 10.5. The van der Waals surface area contributed by atoms with Crippen LogP contribution in [0.2, 0.25) is 0 Å². The maximum absolute atomic E-state index is 10.5. The van der Waals surface area contributed by atoms with Crippen molar-refractivity contribution in [1.82, 2.24) is 4.90 Å². The van der Waals surface area contributed by atoms with Crippen LogP contribution < -0.4 is 4.74 Å². The third-order valence-electron chi connectivity index (χ3n) is 5.46. The summed E-state index contributed by atoms with van der Waals surface area (Å²) in [6.45, 7) is 2.91. The van der Waals surface area contributed by atoms with Gasteiger partial charge in [0, 0.05) is 24.2 Å². The van der Waals surface area contributed by atoms with Gasteiger partial charge in [0.15, 0.2) is 0 Å².